The van der Waals surface area contributed by atoms with Gasteiger partial charge in [0.1, 0.15) is 5.75 Å². The monoisotopic (exact) mass is 366 g/mol. The fourth-order valence-electron chi connectivity index (χ4n) is 1.88. The summed E-state index contributed by atoms with van der Waals surface area (Å²) in [7, 11) is 0. The number of aryl methyl sites for hydroxylation is 3. The van der Waals surface area contributed by atoms with E-state index in [1.807, 2.05) is 51.1 Å². The summed E-state index contributed by atoms with van der Waals surface area (Å²) in [6, 6.07) is 11.4. The van der Waals surface area contributed by atoms with Crippen LogP contribution in [0.25, 0.3) is 0 Å². The number of benzene rings is 2. The first-order valence-corrected chi connectivity index (χ1v) is 7.10. The lowest BCUT2D eigenvalue weighted by Crippen LogP contribution is -2.09. The quantitative estimate of drug-likeness (QED) is 0.446. The van der Waals surface area contributed by atoms with E-state index in [1.165, 1.54) is 0 Å². The maximum Gasteiger partial charge on any atom is 0.343 e. The fraction of sp³-hybridized carbons (Fsp3) is 0.188. The molecule has 0 unspecified atom stereocenters. The Hall–Kier alpha value is -1.36. The SMILES string of the molecule is Cc1cc(C)cc(OC(=O)c2ccc(C)c(I)c2)c1. The molecule has 2 nitrogen and oxygen atoms in total. The summed E-state index contributed by atoms with van der Waals surface area (Å²) in [6.45, 7) is 5.99. The number of halogens is 1. The van der Waals surface area contributed by atoms with E-state index in [2.05, 4.69) is 22.6 Å². The van der Waals surface area contributed by atoms with Gasteiger partial charge in [0, 0.05) is 3.57 Å². The first-order valence-electron chi connectivity index (χ1n) is 6.02. The zero-order chi connectivity index (χ0) is 14.0. The van der Waals surface area contributed by atoms with Crippen molar-refractivity contribution in [2.45, 2.75) is 20.8 Å². The Morgan fingerprint density at radius 3 is 2.21 bits per heavy atom. The van der Waals surface area contributed by atoms with Crippen molar-refractivity contribution in [2.75, 3.05) is 0 Å². The van der Waals surface area contributed by atoms with Crippen LogP contribution in [0.5, 0.6) is 5.75 Å². The van der Waals surface area contributed by atoms with Gasteiger partial charge in [-0.25, -0.2) is 4.79 Å². The van der Waals surface area contributed by atoms with Crippen LogP contribution in [-0.2, 0) is 0 Å². The van der Waals surface area contributed by atoms with Gasteiger partial charge in [-0.05, 0) is 84.3 Å². The molecule has 0 saturated heterocycles. The minimum atomic E-state index is -0.317. The predicted octanol–water partition coefficient (Wildman–Crippen LogP) is 4.44. The Balaban J connectivity index is 2.22. The highest BCUT2D eigenvalue weighted by atomic mass is 127. The highest BCUT2D eigenvalue weighted by molar-refractivity contribution is 14.1. The van der Waals surface area contributed by atoms with Crippen molar-refractivity contribution >= 4 is 28.6 Å². The molecule has 0 radical (unpaired) electrons. The molecule has 3 heteroatoms. The third kappa shape index (κ3) is 3.56. The summed E-state index contributed by atoms with van der Waals surface area (Å²) in [5.74, 6) is 0.279. The molecular formula is C16H15IO2. The van der Waals surface area contributed by atoms with Gasteiger partial charge in [-0.15, -0.1) is 0 Å². The molecule has 2 aromatic carbocycles. The lowest BCUT2D eigenvalue weighted by molar-refractivity contribution is 0.0734. The van der Waals surface area contributed by atoms with Crippen molar-refractivity contribution in [1.82, 2.24) is 0 Å². The lowest BCUT2D eigenvalue weighted by Gasteiger charge is -2.07. The number of hydrogen-bond acceptors (Lipinski definition) is 2. The number of carbonyl (C=O) groups excluding carboxylic acids is 1. The smallest absolute Gasteiger partial charge is 0.343 e. The normalized spacial score (nSPS) is 10.3. The van der Waals surface area contributed by atoms with Gasteiger partial charge in [0.15, 0.2) is 0 Å². The largest absolute Gasteiger partial charge is 0.423 e. The van der Waals surface area contributed by atoms with Gasteiger partial charge < -0.3 is 4.74 Å². The molecule has 2 aromatic rings. The van der Waals surface area contributed by atoms with Crippen LogP contribution in [0.1, 0.15) is 27.0 Å². The van der Waals surface area contributed by atoms with Crippen LogP contribution in [0.2, 0.25) is 0 Å². The first kappa shape index (κ1) is 14.1. The number of hydrogen-bond donors (Lipinski definition) is 0. The Bertz CT molecular complexity index is 612. The van der Waals surface area contributed by atoms with Crippen molar-refractivity contribution < 1.29 is 9.53 Å². The second-order valence-electron chi connectivity index (χ2n) is 4.68. The van der Waals surface area contributed by atoms with Crippen molar-refractivity contribution in [1.29, 1.82) is 0 Å². The Morgan fingerprint density at radius 2 is 1.63 bits per heavy atom. The average Bonchev–Trinajstić information content (AvgIpc) is 2.31. The number of carbonyl (C=O) groups is 1. The van der Waals surface area contributed by atoms with Crippen LogP contribution in [0.4, 0.5) is 0 Å². The zero-order valence-electron chi connectivity index (χ0n) is 11.2. The summed E-state index contributed by atoms with van der Waals surface area (Å²) in [6.07, 6.45) is 0. The summed E-state index contributed by atoms with van der Waals surface area (Å²) in [5.41, 5.74) is 3.90. The van der Waals surface area contributed by atoms with Gasteiger partial charge in [0.25, 0.3) is 0 Å². The van der Waals surface area contributed by atoms with Crippen LogP contribution in [0.3, 0.4) is 0 Å². The number of ether oxygens (including phenoxy) is 1. The summed E-state index contributed by atoms with van der Waals surface area (Å²) >= 11 is 2.22. The standard InChI is InChI=1S/C16H15IO2/c1-10-6-11(2)8-14(7-10)19-16(18)13-5-4-12(3)15(17)9-13/h4-9H,1-3H3. The first-order chi connectivity index (χ1) is 8.95. The molecule has 0 aliphatic carbocycles. The van der Waals surface area contributed by atoms with E-state index in [0.29, 0.717) is 11.3 Å². The molecule has 2 rings (SSSR count). The van der Waals surface area contributed by atoms with E-state index in [0.717, 1.165) is 20.3 Å². The van der Waals surface area contributed by atoms with Crippen molar-refractivity contribution in [3.05, 3.63) is 62.2 Å². The molecular weight excluding hydrogens is 351 g/mol. The lowest BCUT2D eigenvalue weighted by atomic mass is 10.1. The topological polar surface area (TPSA) is 26.3 Å². The molecule has 0 aromatic heterocycles. The molecule has 0 heterocycles. The van der Waals surface area contributed by atoms with E-state index in [9.17, 15) is 4.79 Å². The van der Waals surface area contributed by atoms with E-state index in [1.54, 1.807) is 6.07 Å². The highest BCUT2D eigenvalue weighted by Gasteiger charge is 2.10. The van der Waals surface area contributed by atoms with Crippen LogP contribution < -0.4 is 4.74 Å². The molecule has 0 saturated carbocycles. The second-order valence-corrected chi connectivity index (χ2v) is 5.84. The van der Waals surface area contributed by atoms with E-state index < -0.39 is 0 Å². The van der Waals surface area contributed by atoms with Gasteiger partial charge in [0.05, 0.1) is 5.56 Å². The molecule has 0 aliphatic heterocycles. The zero-order valence-corrected chi connectivity index (χ0v) is 13.3. The van der Waals surface area contributed by atoms with E-state index in [-0.39, 0.29) is 5.97 Å². The summed E-state index contributed by atoms with van der Waals surface area (Å²) in [4.78, 5) is 12.1. The molecule has 0 amide bonds. The van der Waals surface area contributed by atoms with Gasteiger partial charge >= 0.3 is 5.97 Å². The number of esters is 1. The third-order valence-electron chi connectivity index (χ3n) is 2.81. The van der Waals surface area contributed by atoms with Crippen molar-refractivity contribution in [2.24, 2.45) is 0 Å². The third-order valence-corrected chi connectivity index (χ3v) is 3.98. The van der Waals surface area contributed by atoms with Crippen LogP contribution in [0, 0.1) is 24.3 Å². The fourth-order valence-corrected chi connectivity index (χ4v) is 2.39. The Labute approximate surface area is 126 Å². The maximum absolute atomic E-state index is 12.1. The molecule has 0 aliphatic rings. The summed E-state index contributed by atoms with van der Waals surface area (Å²) in [5, 5.41) is 0. The van der Waals surface area contributed by atoms with Crippen LogP contribution >= 0.6 is 22.6 Å². The van der Waals surface area contributed by atoms with Crippen LogP contribution in [-0.4, -0.2) is 5.97 Å². The molecule has 0 spiro atoms. The Kier molecular flexibility index (Phi) is 4.24. The Morgan fingerprint density at radius 1 is 1.00 bits per heavy atom. The molecule has 98 valence electrons. The predicted molar refractivity (Wildman–Crippen MR) is 84.8 cm³/mol. The molecule has 0 bridgehead atoms. The van der Waals surface area contributed by atoms with Crippen LogP contribution in [0.15, 0.2) is 36.4 Å². The highest BCUT2D eigenvalue weighted by Crippen LogP contribution is 2.19. The van der Waals surface area contributed by atoms with E-state index in [4.69, 9.17) is 4.74 Å². The molecule has 19 heavy (non-hydrogen) atoms. The molecule has 0 N–H and O–H groups in total. The van der Waals surface area contributed by atoms with Gasteiger partial charge in [0.2, 0.25) is 0 Å². The second kappa shape index (κ2) is 5.74. The average molecular weight is 366 g/mol. The minimum Gasteiger partial charge on any atom is -0.423 e. The number of rotatable bonds is 2. The minimum absolute atomic E-state index is 0.317. The van der Waals surface area contributed by atoms with E-state index >= 15 is 0 Å². The van der Waals surface area contributed by atoms with Gasteiger partial charge in [-0.3, -0.25) is 0 Å². The molecule has 0 fully saturated rings. The van der Waals surface area contributed by atoms with Crippen molar-refractivity contribution in [3.63, 3.8) is 0 Å². The van der Waals surface area contributed by atoms with Gasteiger partial charge in [-0.2, -0.15) is 0 Å². The van der Waals surface area contributed by atoms with Gasteiger partial charge in [-0.1, -0.05) is 12.1 Å². The molecule has 0 atom stereocenters. The maximum atomic E-state index is 12.1. The van der Waals surface area contributed by atoms with Crippen molar-refractivity contribution in [3.8, 4) is 5.75 Å². The summed E-state index contributed by atoms with van der Waals surface area (Å²) < 4.78 is 6.48.